The van der Waals surface area contributed by atoms with Crippen molar-refractivity contribution in [1.82, 2.24) is 0 Å². The standard InChI is InChI=1S/C8H7ClF3NO2/c9-5-1-4(3-15-13)7(14)6(2-5)8(10,11)12/h1-2,14H,3,13H2. The average Bonchev–Trinajstić information content (AvgIpc) is 2.09. The molecule has 0 fully saturated rings. The highest BCUT2D eigenvalue weighted by Crippen LogP contribution is 2.39. The highest BCUT2D eigenvalue weighted by atomic mass is 35.5. The van der Waals surface area contributed by atoms with Gasteiger partial charge < -0.3 is 5.11 Å². The Hall–Kier alpha value is -0.980. The second kappa shape index (κ2) is 4.26. The highest BCUT2D eigenvalue weighted by molar-refractivity contribution is 6.30. The van der Waals surface area contributed by atoms with E-state index in [1.165, 1.54) is 0 Å². The van der Waals surface area contributed by atoms with Crippen molar-refractivity contribution < 1.29 is 23.1 Å². The summed E-state index contributed by atoms with van der Waals surface area (Å²) >= 11 is 5.46. The Morgan fingerprint density at radius 2 is 2.00 bits per heavy atom. The first-order valence-corrected chi connectivity index (χ1v) is 4.14. The van der Waals surface area contributed by atoms with Crippen LogP contribution in [0.2, 0.25) is 5.02 Å². The molecule has 0 unspecified atom stereocenters. The molecule has 3 N–H and O–H groups in total. The van der Waals surface area contributed by atoms with Gasteiger partial charge in [-0.25, -0.2) is 5.90 Å². The second-order valence-electron chi connectivity index (χ2n) is 2.77. The number of phenolic OH excluding ortho intramolecular Hbond substituents is 1. The monoisotopic (exact) mass is 241 g/mol. The third kappa shape index (κ3) is 2.74. The van der Waals surface area contributed by atoms with Gasteiger partial charge in [-0.15, -0.1) is 0 Å². The van der Waals surface area contributed by atoms with E-state index in [4.69, 9.17) is 17.5 Å². The Balaban J connectivity index is 3.28. The lowest BCUT2D eigenvalue weighted by Gasteiger charge is -2.12. The first-order valence-electron chi connectivity index (χ1n) is 3.76. The van der Waals surface area contributed by atoms with E-state index in [1.807, 2.05) is 0 Å². The minimum Gasteiger partial charge on any atom is -0.507 e. The Morgan fingerprint density at radius 1 is 1.40 bits per heavy atom. The lowest BCUT2D eigenvalue weighted by atomic mass is 10.1. The molecule has 0 heterocycles. The number of benzene rings is 1. The Kier molecular flexibility index (Phi) is 3.43. The van der Waals surface area contributed by atoms with Crippen LogP contribution in [-0.2, 0) is 17.6 Å². The lowest BCUT2D eigenvalue weighted by molar-refractivity contribution is -0.138. The summed E-state index contributed by atoms with van der Waals surface area (Å²) < 4.78 is 37.1. The van der Waals surface area contributed by atoms with Gasteiger partial charge in [-0.05, 0) is 12.1 Å². The van der Waals surface area contributed by atoms with Crippen LogP contribution in [0.4, 0.5) is 13.2 Å². The van der Waals surface area contributed by atoms with Gasteiger partial charge in [-0.3, -0.25) is 4.84 Å². The average molecular weight is 242 g/mol. The first kappa shape index (κ1) is 12.1. The van der Waals surface area contributed by atoms with Gasteiger partial charge >= 0.3 is 6.18 Å². The molecular formula is C8H7ClF3NO2. The van der Waals surface area contributed by atoms with Crippen molar-refractivity contribution in [3.8, 4) is 5.75 Å². The Morgan fingerprint density at radius 3 is 2.47 bits per heavy atom. The molecule has 0 spiro atoms. The van der Waals surface area contributed by atoms with E-state index in [9.17, 15) is 18.3 Å². The minimum atomic E-state index is -4.67. The molecule has 0 aliphatic heterocycles. The highest BCUT2D eigenvalue weighted by Gasteiger charge is 2.35. The van der Waals surface area contributed by atoms with Crippen LogP contribution < -0.4 is 5.90 Å². The molecular weight excluding hydrogens is 235 g/mol. The van der Waals surface area contributed by atoms with Crippen LogP contribution in [0.3, 0.4) is 0 Å². The summed E-state index contributed by atoms with van der Waals surface area (Å²) in [6, 6.07) is 1.79. The maximum atomic E-state index is 12.4. The van der Waals surface area contributed by atoms with Crippen molar-refractivity contribution in [2.24, 2.45) is 5.90 Å². The number of phenols is 1. The van der Waals surface area contributed by atoms with Gasteiger partial charge in [0.25, 0.3) is 0 Å². The van der Waals surface area contributed by atoms with Gasteiger partial charge in [0.2, 0.25) is 0 Å². The molecule has 0 radical (unpaired) electrons. The molecule has 0 atom stereocenters. The molecule has 0 saturated carbocycles. The molecule has 0 saturated heterocycles. The van der Waals surface area contributed by atoms with Gasteiger partial charge in [-0.2, -0.15) is 13.2 Å². The summed E-state index contributed by atoms with van der Waals surface area (Å²) in [6.45, 7) is -0.352. The molecule has 1 aromatic carbocycles. The molecule has 0 aliphatic carbocycles. The van der Waals surface area contributed by atoms with Crippen LogP contribution >= 0.6 is 11.6 Å². The molecule has 0 bridgehead atoms. The number of rotatable bonds is 2. The van der Waals surface area contributed by atoms with Crippen LogP contribution in [0.15, 0.2) is 12.1 Å². The van der Waals surface area contributed by atoms with E-state index in [-0.39, 0.29) is 17.2 Å². The van der Waals surface area contributed by atoms with Gasteiger partial charge in [-0.1, -0.05) is 11.6 Å². The third-order valence-corrected chi connectivity index (χ3v) is 1.92. The van der Waals surface area contributed by atoms with Gasteiger partial charge in [0.15, 0.2) is 0 Å². The van der Waals surface area contributed by atoms with E-state index in [0.29, 0.717) is 6.07 Å². The van der Waals surface area contributed by atoms with E-state index in [1.54, 1.807) is 0 Å². The fraction of sp³-hybridized carbons (Fsp3) is 0.250. The number of aromatic hydroxyl groups is 1. The van der Waals surface area contributed by atoms with Crippen molar-refractivity contribution in [3.63, 3.8) is 0 Å². The maximum Gasteiger partial charge on any atom is 0.420 e. The third-order valence-electron chi connectivity index (χ3n) is 1.70. The molecule has 84 valence electrons. The fourth-order valence-electron chi connectivity index (χ4n) is 1.07. The summed E-state index contributed by atoms with van der Waals surface area (Å²) in [7, 11) is 0. The Bertz CT molecular complexity index is 368. The first-order chi connectivity index (χ1) is 6.86. The van der Waals surface area contributed by atoms with Gasteiger partial charge in [0.05, 0.1) is 12.2 Å². The summed E-state index contributed by atoms with van der Waals surface area (Å²) in [5.41, 5.74) is -1.32. The molecule has 1 rings (SSSR count). The van der Waals surface area contributed by atoms with Crippen LogP contribution in [0.25, 0.3) is 0 Å². The van der Waals surface area contributed by atoms with Gasteiger partial charge in [0.1, 0.15) is 5.75 Å². The van der Waals surface area contributed by atoms with E-state index in [0.717, 1.165) is 6.07 Å². The summed E-state index contributed by atoms with van der Waals surface area (Å²) in [6.07, 6.45) is -4.67. The van der Waals surface area contributed by atoms with Crippen LogP contribution in [0.5, 0.6) is 5.75 Å². The number of alkyl halides is 3. The van der Waals surface area contributed by atoms with Crippen molar-refractivity contribution in [3.05, 3.63) is 28.3 Å². The van der Waals surface area contributed by atoms with Crippen molar-refractivity contribution in [2.45, 2.75) is 12.8 Å². The van der Waals surface area contributed by atoms with Gasteiger partial charge in [0, 0.05) is 10.6 Å². The summed E-state index contributed by atoms with van der Waals surface area (Å²) in [5, 5.41) is 9.12. The molecule has 3 nitrogen and oxygen atoms in total. The van der Waals surface area contributed by atoms with Crippen LogP contribution in [0, 0.1) is 0 Å². The molecule has 0 aromatic heterocycles. The second-order valence-corrected chi connectivity index (χ2v) is 3.21. The lowest BCUT2D eigenvalue weighted by Crippen LogP contribution is -2.08. The zero-order valence-electron chi connectivity index (χ0n) is 7.31. The van der Waals surface area contributed by atoms with Crippen molar-refractivity contribution in [1.29, 1.82) is 0 Å². The Labute approximate surface area is 88.2 Å². The molecule has 15 heavy (non-hydrogen) atoms. The summed E-state index contributed by atoms with van der Waals surface area (Å²) in [5.74, 6) is 3.78. The predicted molar refractivity (Wildman–Crippen MR) is 47.1 cm³/mol. The number of hydrogen-bond donors (Lipinski definition) is 2. The topological polar surface area (TPSA) is 55.5 Å². The zero-order chi connectivity index (χ0) is 11.6. The van der Waals surface area contributed by atoms with E-state index in [2.05, 4.69) is 4.84 Å². The minimum absolute atomic E-state index is 0.114. The molecule has 0 amide bonds. The SMILES string of the molecule is NOCc1cc(Cl)cc(C(F)(F)F)c1O. The predicted octanol–water partition coefficient (Wildman–Crippen LogP) is 2.45. The number of nitrogens with two attached hydrogens (primary N) is 1. The van der Waals surface area contributed by atoms with Crippen molar-refractivity contribution >= 4 is 11.6 Å². The zero-order valence-corrected chi connectivity index (χ0v) is 8.06. The smallest absolute Gasteiger partial charge is 0.420 e. The molecule has 0 aliphatic rings. The van der Waals surface area contributed by atoms with E-state index < -0.39 is 17.5 Å². The maximum absolute atomic E-state index is 12.4. The van der Waals surface area contributed by atoms with Crippen LogP contribution in [0.1, 0.15) is 11.1 Å². The quantitative estimate of drug-likeness (QED) is 0.782. The normalized spacial score (nSPS) is 11.8. The largest absolute Gasteiger partial charge is 0.507 e. The number of hydrogen-bond acceptors (Lipinski definition) is 3. The fourth-order valence-corrected chi connectivity index (χ4v) is 1.31. The molecule has 7 heteroatoms. The molecule has 1 aromatic rings. The van der Waals surface area contributed by atoms with Crippen molar-refractivity contribution in [2.75, 3.05) is 0 Å². The number of halogens is 4. The van der Waals surface area contributed by atoms with Crippen LogP contribution in [-0.4, -0.2) is 5.11 Å². The summed E-state index contributed by atoms with van der Waals surface area (Å²) in [4.78, 5) is 4.15. The van der Waals surface area contributed by atoms with E-state index >= 15 is 0 Å².